The minimum absolute atomic E-state index is 0.0705. The third-order valence-corrected chi connectivity index (χ3v) is 6.58. The highest BCUT2D eigenvalue weighted by Crippen LogP contribution is 2.41. The van der Waals surface area contributed by atoms with Crippen molar-refractivity contribution >= 4 is 22.6 Å². The molecule has 146 valence electrons. The number of aromatic nitrogens is 2. The number of carbonyl (C=O) groups is 1. The fourth-order valence-corrected chi connectivity index (χ4v) is 4.92. The molecule has 0 aliphatic carbocycles. The number of piperidine rings is 1. The monoisotopic (exact) mass is 385 g/mol. The lowest BCUT2D eigenvalue weighted by molar-refractivity contribution is -0.132. The van der Waals surface area contributed by atoms with E-state index in [-0.39, 0.29) is 11.4 Å². The first-order valence-electron chi connectivity index (χ1n) is 10.2. The van der Waals surface area contributed by atoms with Crippen molar-refractivity contribution in [3.05, 3.63) is 59.9 Å². The molecule has 0 atom stereocenters. The van der Waals surface area contributed by atoms with Crippen LogP contribution in [0.1, 0.15) is 36.8 Å². The fourth-order valence-electron chi connectivity index (χ4n) is 4.92. The van der Waals surface area contributed by atoms with Crippen LogP contribution in [0, 0.1) is 11.3 Å². The first kappa shape index (κ1) is 17.7. The highest BCUT2D eigenvalue weighted by molar-refractivity contribution is 5.84. The average molecular weight is 385 g/mol. The molecule has 2 aromatic heterocycles. The summed E-state index contributed by atoms with van der Waals surface area (Å²) in [6.07, 6.45) is 7.07. The van der Waals surface area contributed by atoms with Crippen molar-refractivity contribution in [2.24, 2.45) is 0 Å². The molecule has 29 heavy (non-hydrogen) atoms. The van der Waals surface area contributed by atoms with Gasteiger partial charge in [-0.15, -0.1) is 0 Å². The van der Waals surface area contributed by atoms with Crippen molar-refractivity contribution < 1.29 is 4.79 Å². The molecule has 0 unspecified atom stereocenters. The van der Waals surface area contributed by atoms with E-state index in [0.29, 0.717) is 18.5 Å². The van der Waals surface area contributed by atoms with Crippen LogP contribution in [0.25, 0.3) is 10.9 Å². The first-order valence-corrected chi connectivity index (χ1v) is 10.2. The standard InChI is InChI=1S/C23H23N5O/c24-15-17-5-10-26-21(14-17)27-12-8-23(9-13-27)7-4-22(29)28(23)16-18-2-1-3-20-19(18)6-11-25-20/h1-3,5-6,10-11,14,25H,4,7-9,12-13,16H2. The second kappa shape index (κ2) is 6.93. The Labute approximate surface area is 169 Å². The van der Waals surface area contributed by atoms with Crippen LogP contribution in [-0.2, 0) is 11.3 Å². The molecule has 2 fully saturated rings. The summed E-state index contributed by atoms with van der Waals surface area (Å²) in [5.41, 5.74) is 2.87. The number of fused-ring (bicyclic) bond motifs is 1. The maximum absolute atomic E-state index is 12.8. The van der Waals surface area contributed by atoms with Gasteiger partial charge in [-0.25, -0.2) is 4.98 Å². The van der Waals surface area contributed by atoms with Crippen LogP contribution in [0.5, 0.6) is 0 Å². The van der Waals surface area contributed by atoms with E-state index in [4.69, 9.17) is 5.26 Å². The Morgan fingerprint density at radius 1 is 1.17 bits per heavy atom. The zero-order valence-corrected chi connectivity index (χ0v) is 16.3. The molecule has 1 aromatic carbocycles. The third-order valence-electron chi connectivity index (χ3n) is 6.58. The number of benzene rings is 1. The molecule has 6 heteroatoms. The number of carbonyl (C=O) groups excluding carboxylic acids is 1. The smallest absolute Gasteiger partial charge is 0.223 e. The quantitative estimate of drug-likeness (QED) is 0.747. The molecule has 5 rings (SSSR count). The number of H-pyrrole nitrogens is 1. The molecule has 0 bridgehead atoms. The lowest BCUT2D eigenvalue weighted by Crippen LogP contribution is -2.53. The van der Waals surface area contributed by atoms with Crippen molar-refractivity contribution in [3.8, 4) is 6.07 Å². The number of likely N-dealkylation sites (tertiary alicyclic amines) is 1. The van der Waals surface area contributed by atoms with E-state index in [9.17, 15) is 4.79 Å². The van der Waals surface area contributed by atoms with Crippen molar-refractivity contribution in [1.29, 1.82) is 5.26 Å². The molecule has 1 spiro atoms. The van der Waals surface area contributed by atoms with Crippen molar-refractivity contribution in [1.82, 2.24) is 14.9 Å². The molecule has 3 aromatic rings. The van der Waals surface area contributed by atoms with Crippen LogP contribution < -0.4 is 4.90 Å². The maximum atomic E-state index is 12.8. The van der Waals surface area contributed by atoms with Gasteiger partial charge < -0.3 is 14.8 Å². The van der Waals surface area contributed by atoms with Gasteiger partial charge in [0.2, 0.25) is 5.91 Å². The Bertz CT molecular complexity index is 1100. The van der Waals surface area contributed by atoms with Gasteiger partial charge in [-0.05, 0) is 49.1 Å². The van der Waals surface area contributed by atoms with E-state index in [1.165, 1.54) is 10.9 Å². The number of amides is 1. The largest absolute Gasteiger partial charge is 0.361 e. The van der Waals surface area contributed by atoms with Crippen molar-refractivity contribution in [2.75, 3.05) is 18.0 Å². The minimum atomic E-state index is -0.0705. The summed E-state index contributed by atoms with van der Waals surface area (Å²) in [5.74, 6) is 1.11. The number of aromatic amines is 1. The summed E-state index contributed by atoms with van der Waals surface area (Å²) in [6.45, 7) is 2.36. The molecule has 1 N–H and O–H groups in total. The van der Waals surface area contributed by atoms with Crippen LogP contribution in [0.15, 0.2) is 48.8 Å². The molecule has 4 heterocycles. The van der Waals surface area contributed by atoms with E-state index in [2.05, 4.69) is 50.1 Å². The third kappa shape index (κ3) is 3.03. The molecular weight excluding hydrogens is 362 g/mol. The Balaban J connectivity index is 1.37. The second-order valence-electron chi connectivity index (χ2n) is 8.06. The minimum Gasteiger partial charge on any atom is -0.361 e. The Morgan fingerprint density at radius 3 is 2.86 bits per heavy atom. The van der Waals surface area contributed by atoms with Gasteiger partial charge >= 0.3 is 0 Å². The number of nitrogens with zero attached hydrogens (tertiary/aromatic N) is 4. The number of pyridine rings is 1. The number of nitriles is 1. The molecule has 2 aliphatic rings. The van der Waals surface area contributed by atoms with E-state index in [0.717, 1.165) is 43.7 Å². The Morgan fingerprint density at radius 2 is 2.03 bits per heavy atom. The molecule has 2 saturated heterocycles. The van der Waals surface area contributed by atoms with Crippen LogP contribution in [-0.4, -0.2) is 39.4 Å². The summed E-state index contributed by atoms with van der Waals surface area (Å²) in [5, 5.41) is 10.3. The molecule has 0 saturated carbocycles. The van der Waals surface area contributed by atoms with Gasteiger partial charge in [-0.1, -0.05) is 12.1 Å². The Kier molecular flexibility index (Phi) is 4.24. The summed E-state index contributed by atoms with van der Waals surface area (Å²) in [7, 11) is 0. The lowest BCUT2D eigenvalue weighted by Gasteiger charge is -2.45. The summed E-state index contributed by atoms with van der Waals surface area (Å²) in [4.78, 5) is 24.9. The number of nitrogens with one attached hydrogen (secondary N) is 1. The number of hydrogen-bond acceptors (Lipinski definition) is 4. The summed E-state index contributed by atoms with van der Waals surface area (Å²) in [6, 6.07) is 14.1. The molecule has 6 nitrogen and oxygen atoms in total. The Hall–Kier alpha value is -3.33. The molecular formula is C23H23N5O. The van der Waals surface area contributed by atoms with Gasteiger partial charge in [0.25, 0.3) is 0 Å². The van der Waals surface area contributed by atoms with Crippen LogP contribution >= 0.6 is 0 Å². The SMILES string of the molecule is N#Cc1ccnc(N2CCC3(CCC(=O)N3Cc3cccc4[nH]ccc34)CC2)c1. The predicted octanol–water partition coefficient (Wildman–Crippen LogP) is 3.60. The number of anilines is 1. The topological polar surface area (TPSA) is 76.0 Å². The zero-order chi connectivity index (χ0) is 19.8. The van der Waals surface area contributed by atoms with Crippen LogP contribution in [0.2, 0.25) is 0 Å². The predicted molar refractivity (Wildman–Crippen MR) is 111 cm³/mol. The van der Waals surface area contributed by atoms with Crippen molar-refractivity contribution in [3.63, 3.8) is 0 Å². The second-order valence-corrected chi connectivity index (χ2v) is 8.06. The highest BCUT2D eigenvalue weighted by Gasteiger charge is 2.47. The molecule has 2 aliphatic heterocycles. The van der Waals surface area contributed by atoms with Gasteiger partial charge in [0.1, 0.15) is 5.82 Å². The van der Waals surface area contributed by atoms with E-state index < -0.39 is 0 Å². The molecule has 1 amide bonds. The van der Waals surface area contributed by atoms with E-state index in [1.54, 1.807) is 12.3 Å². The average Bonchev–Trinajstić information content (AvgIpc) is 3.36. The van der Waals surface area contributed by atoms with Gasteiger partial charge in [-0.3, -0.25) is 4.79 Å². The fraction of sp³-hybridized carbons (Fsp3) is 0.348. The van der Waals surface area contributed by atoms with Crippen molar-refractivity contribution in [2.45, 2.75) is 37.8 Å². The van der Waals surface area contributed by atoms with Gasteiger partial charge in [0.05, 0.1) is 11.6 Å². The number of rotatable bonds is 3. The zero-order valence-electron chi connectivity index (χ0n) is 16.3. The first-order chi connectivity index (χ1) is 14.2. The van der Waals surface area contributed by atoms with Gasteiger partial charge in [0, 0.05) is 54.9 Å². The van der Waals surface area contributed by atoms with Crippen LogP contribution in [0.4, 0.5) is 5.82 Å². The van der Waals surface area contributed by atoms with Crippen LogP contribution in [0.3, 0.4) is 0 Å². The highest BCUT2D eigenvalue weighted by atomic mass is 16.2. The lowest BCUT2D eigenvalue weighted by atomic mass is 9.84. The normalized spacial score (nSPS) is 18.5. The van der Waals surface area contributed by atoms with E-state index in [1.807, 2.05) is 12.3 Å². The van der Waals surface area contributed by atoms with E-state index >= 15 is 0 Å². The van der Waals surface area contributed by atoms with Gasteiger partial charge in [-0.2, -0.15) is 5.26 Å². The summed E-state index contributed by atoms with van der Waals surface area (Å²) >= 11 is 0. The summed E-state index contributed by atoms with van der Waals surface area (Å²) < 4.78 is 0. The maximum Gasteiger partial charge on any atom is 0.223 e. The van der Waals surface area contributed by atoms with Gasteiger partial charge in [0.15, 0.2) is 0 Å². The molecule has 0 radical (unpaired) electrons. The number of hydrogen-bond donors (Lipinski definition) is 1.